The molecular formula is C19H20ClN5O2. The van der Waals surface area contributed by atoms with Crippen molar-refractivity contribution < 1.29 is 4.79 Å². The molecular weight excluding hydrogens is 366 g/mol. The van der Waals surface area contributed by atoms with Gasteiger partial charge in [-0.05, 0) is 30.7 Å². The van der Waals surface area contributed by atoms with Crippen LogP contribution < -0.4 is 10.9 Å². The third-order valence-electron chi connectivity index (χ3n) is 5.08. The van der Waals surface area contributed by atoms with Gasteiger partial charge in [-0.2, -0.15) is 5.10 Å². The van der Waals surface area contributed by atoms with Crippen LogP contribution in [0.5, 0.6) is 0 Å². The minimum absolute atomic E-state index is 0.112. The average molecular weight is 386 g/mol. The van der Waals surface area contributed by atoms with Gasteiger partial charge in [-0.3, -0.25) is 9.59 Å². The van der Waals surface area contributed by atoms with Crippen molar-refractivity contribution in [3.8, 4) is 0 Å². The van der Waals surface area contributed by atoms with E-state index < -0.39 is 0 Å². The van der Waals surface area contributed by atoms with Gasteiger partial charge in [0.25, 0.3) is 5.56 Å². The molecule has 1 fully saturated rings. The molecule has 1 N–H and O–H groups in total. The number of fused-ring (bicyclic) bond motifs is 1. The molecule has 27 heavy (non-hydrogen) atoms. The monoisotopic (exact) mass is 385 g/mol. The van der Waals surface area contributed by atoms with Gasteiger partial charge in [0.2, 0.25) is 5.91 Å². The topological polar surface area (TPSA) is 72.2 Å². The fourth-order valence-electron chi connectivity index (χ4n) is 3.57. The van der Waals surface area contributed by atoms with Crippen LogP contribution >= 0.6 is 11.6 Å². The molecule has 0 bridgehead atoms. The predicted molar refractivity (Wildman–Crippen MR) is 106 cm³/mol. The van der Waals surface area contributed by atoms with E-state index in [2.05, 4.69) is 27.2 Å². The summed E-state index contributed by atoms with van der Waals surface area (Å²) in [5.74, 6) is 0.125. The summed E-state index contributed by atoms with van der Waals surface area (Å²) in [6.45, 7) is 3.16. The Balaban J connectivity index is 1.61. The Bertz CT molecular complexity index is 1090. The maximum absolute atomic E-state index is 11.9. The van der Waals surface area contributed by atoms with Gasteiger partial charge in [0, 0.05) is 49.8 Å². The lowest BCUT2D eigenvalue weighted by molar-refractivity contribution is -0.127. The number of aryl methyl sites for hydroxylation is 1. The number of carbonyl (C=O) groups is 1. The van der Waals surface area contributed by atoms with Gasteiger partial charge in [-0.1, -0.05) is 11.6 Å². The van der Waals surface area contributed by atoms with Gasteiger partial charge in [-0.25, -0.2) is 4.68 Å². The molecule has 1 unspecified atom stereocenters. The highest BCUT2D eigenvalue weighted by molar-refractivity contribution is 6.33. The van der Waals surface area contributed by atoms with Gasteiger partial charge in [0.05, 0.1) is 17.9 Å². The van der Waals surface area contributed by atoms with Crippen LogP contribution in [0.25, 0.3) is 10.9 Å². The normalized spacial score (nSPS) is 16.9. The first-order valence-corrected chi connectivity index (χ1v) is 9.17. The summed E-state index contributed by atoms with van der Waals surface area (Å²) >= 11 is 6.12. The number of likely N-dealkylation sites (tertiary alicyclic amines) is 1. The van der Waals surface area contributed by atoms with Crippen molar-refractivity contribution in [1.29, 1.82) is 0 Å². The zero-order chi connectivity index (χ0) is 19.1. The molecule has 3 heterocycles. The standard InChI is InChI=1S/C19H20ClN5O2/c1-12(26)24-7-6-15(11-24)25-8-5-13-9-14(3-4-17(13)25)22-16-10-21-23(2)19(27)18(16)20/h3-5,8-10,15,22H,6-7,11H2,1-2H3. The Kier molecular flexibility index (Phi) is 4.39. The van der Waals surface area contributed by atoms with Gasteiger partial charge in [0.1, 0.15) is 5.02 Å². The molecule has 1 atom stereocenters. The van der Waals surface area contributed by atoms with E-state index in [4.69, 9.17) is 11.6 Å². The lowest BCUT2D eigenvalue weighted by atomic mass is 10.2. The Morgan fingerprint density at radius 3 is 2.89 bits per heavy atom. The Morgan fingerprint density at radius 2 is 2.15 bits per heavy atom. The maximum Gasteiger partial charge on any atom is 0.287 e. The van der Waals surface area contributed by atoms with E-state index in [1.165, 1.54) is 10.9 Å². The van der Waals surface area contributed by atoms with E-state index >= 15 is 0 Å². The highest BCUT2D eigenvalue weighted by Gasteiger charge is 2.26. The third kappa shape index (κ3) is 3.19. The summed E-state index contributed by atoms with van der Waals surface area (Å²) in [5.41, 5.74) is 2.08. The average Bonchev–Trinajstić information content (AvgIpc) is 3.28. The first kappa shape index (κ1) is 17.6. The molecule has 1 saturated heterocycles. The zero-order valence-electron chi connectivity index (χ0n) is 15.1. The maximum atomic E-state index is 11.9. The highest BCUT2D eigenvalue weighted by Crippen LogP contribution is 2.30. The molecule has 140 valence electrons. The van der Waals surface area contributed by atoms with E-state index in [0.717, 1.165) is 36.1 Å². The number of amides is 1. The molecule has 0 spiro atoms. The molecule has 1 aliphatic rings. The molecule has 1 amide bonds. The molecule has 8 heteroatoms. The third-order valence-corrected chi connectivity index (χ3v) is 5.44. The number of nitrogens with zero attached hydrogens (tertiary/aromatic N) is 4. The number of hydrogen-bond acceptors (Lipinski definition) is 4. The minimum atomic E-state index is -0.342. The van der Waals surface area contributed by atoms with E-state index in [1.54, 1.807) is 14.0 Å². The van der Waals surface area contributed by atoms with Crippen molar-refractivity contribution in [3.63, 3.8) is 0 Å². The van der Waals surface area contributed by atoms with Gasteiger partial charge in [-0.15, -0.1) is 0 Å². The van der Waals surface area contributed by atoms with Crippen LogP contribution in [-0.4, -0.2) is 38.2 Å². The van der Waals surface area contributed by atoms with E-state index in [-0.39, 0.29) is 16.5 Å². The van der Waals surface area contributed by atoms with Crippen LogP contribution in [0.3, 0.4) is 0 Å². The molecule has 0 aliphatic carbocycles. The van der Waals surface area contributed by atoms with Gasteiger partial charge < -0.3 is 14.8 Å². The number of aromatic nitrogens is 3. The summed E-state index contributed by atoms with van der Waals surface area (Å²) < 4.78 is 3.43. The minimum Gasteiger partial charge on any atom is -0.353 e. The quantitative estimate of drug-likeness (QED) is 0.752. The molecule has 0 radical (unpaired) electrons. The molecule has 2 aromatic heterocycles. The first-order valence-electron chi connectivity index (χ1n) is 8.79. The van der Waals surface area contributed by atoms with Crippen LogP contribution in [0.1, 0.15) is 19.4 Å². The van der Waals surface area contributed by atoms with Crippen molar-refractivity contribution in [2.75, 3.05) is 18.4 Å². The van der Waals surface area contributed by atoms with Crippen molar-refractivity contribution in [1.82, 2.24) is 19.2 Å². The second-order valence-corrected chi connectivity index (χ2v) is 7.21. The molecule has 0 saturated carbocycles. The Labute approximate surface area is 161 Å². The molecule has 4 rings (SSSR count). The van der Waals surface area contributed by atoms with Gasteiger partial charge in [0.15, 0.2) is 0 Å². The van der Waals surface area contributed by atoms with Crippen molar-refractivity contribution >= 4 is 39.8 Å². The highest BCUT2D eigenvalue weighted by atomic mass is 35.5. The molecule has 1 aromatic carbocycles. The van der Waals surface area contributed by atoms with E-state index in [0.29, 0.717) is 11.7 Å². The number of anilines is 2. The number of rotatable bonds is 3. The van der Waals surface area contributed by atoms with Crippen LogP contribution in [0.2, 0.25) is 5.02 Å². The second kappa shape index (κ2) is 6.74. The number of benzene rings is 1. The van der Waals surface area contributed by atoms with Crippen LogP contribution in [0.4, 0.5) is 11.4 Å². The second-order valence-electron chi connectivity index (χ2n) is 6.83. The van der Waals surface area contributed by atoms with Crippen LogP contribution in [-0.2, 0) is 11.8 Å². The lowest BCUT2D eigenvalue weighted by Gasteiger charge is -2.16. The van der Waals surface area contributed by atoms with E-state index in [9.17, 15) is 9.59 Å². The fraction of sp³-hybridized carbons (Fsp3) is 0.316. The van der Waals surface area contributed by atoms with Gasteiger partial charge >= 0.3 is 0 Å². The smallest absolute Gasteiger partial charge is 0.287 e. The Hall–Kier alpha value is -2.80. The Morgan fingerprint density at radius 1 is 1.33 bits per heavy atom. The summed E-state index contributed by atoms with van der Waals surface area (Å²) in [5, 5.41) is 8.35. The van der Waals surface area contributed by atoms with E-state index in [1.807, 2.05) is 23.1 Å². The summed E-state index contributed by atoms with van der Waals surface area (Å²) in [4.78, 5) is 25.4. The summed E-state index contributed by atoms with van der Waals surface area (Å²) in [7, 11) is 1.56. The zero-order valence-corrected chi connectivity index (χ0v) is 15.9. The number of halogens is 1. The SMILES string of the molecule is CC(=O)N1CCC(n2ccc3cc(Nc4cnn(C)c(=O)c4Cl)ccc32)C1. The summed E-state index contributed by atoms with van der Waals surface area (Å²) in [6, 6.07) is 8.35. The van der Waals surface area contributed by atoms with Crippen molar-refractivity contribution in [2.24, 2.45) is 7.05 Å². The first-order chi connectivity index (χ1) is 12.9. The number of carbonyl (C=O) groups excluding carboxylic acids is 1. The molecule has 1 aliphatic heterocycles. The molecule has 7 nitrogen and oxygen atoms in total. The van der Waals surface area contributed by atoms with Crippen LogP contribution in [0.15, 0.2) is 41.5 Å². The van der Waals surface area contributed by atoms with Crippen LogP contribution in [0, 0.1) is 0 Å². The largest absolute Gasteiger partial charge is 0.353 e. The van der Waals surface area contributed by atoms with Crippen molar-refractivity contribution in [2.45, 2.75) is 19.4 Å². The number of nitrogens with one attached hydrogen (secondary N) is 1. The predicted octanol–water partition coefficient (Wildman–Crippen LogP) is 2.93. The fourth-order valence-corrected chi connectivity index (χ4v) is 3.79. The summed E-state index contributed by atoms with van der Waals surface area (Å²) in [6.07, 6.45) is 4.56. The molecule has 3 aromatic rings. The van der Waals surface area contributed by atoms with Crippen molar-refractivity contribution in [3.05, 3.63) is 52.0 Å². The number of hydrogen-bond donors (Lipinski definition) is 1. The lowest BCUT2D eigenvalue weighted by Crippen LogP contribution is -2.26.